The third-order valence-electron chi connectivity index (χ3n) is 3.16. The Morgan fingerprint density at radius 3 is 2.75 bits per heavy atom. The molecule has 0 aliphatic carbocycles. The molecule has 1 N–H and O–H groups in total. The van der Waals surface area contributed by atoms with Crippen molar-refractivity contribution in [3.8, 4) is 0 Å². The predicted octanol–water partition coefficient (Wildman–Crippen LogP) is -2.77. The van der Waals surface area contributed by atoms with E-state index >= 15 is 0 Å². The Kier molecular flexibility index (Phi) is 2.63. The van der Waals surface area contributed by atoms with Crippen LogP contribution in [0.2, 0.25) is 0 Å². The van der Waals surface area contributed by atoms with Crippen molar-refractivity contribution < 1.29 is 31.1 Å². The molecule has 3 nitrogen and oxygen atoms in total. The number of amides is 1. The molecule has 2 aliphatic rings. The van der Waals surface area contributed by atoms with Gasteiger partial charge in [0.25, 0.3) is 0 Å². The molecule has 1 unspecified atom stereocenters. The summed E-state index contributed by atoms with van der Waals surface area (Å²) >= 11 is 0.0567. The molecule has 1 aromatic rings. The monoisotopic (exact) mass is 330 g/mol. The van der Waals surface area contributed by atoms with E-state index in [1.165, 1.54) is 0 Å². The Hall–Kier alpha value is -0.620. The third-order valence-corrected chi connectivity index (χ3v) is 6.80. The molecule has 0 saturated carbocycles. The molecule has 3 atom stereocenters. The van der Waals surface area contributed by atoms with Crippen LogP contribution in [0.25, 0.3) is 0 Å². The zero-order chi connectivity index (χ0) is 11.1. The van der Waals surface area contributed by atoms with E-state index in [1.54, 1.807) is 0 Å². The zero-order valence-electron chi connectivity index (χ0n) is 8.71. The van der Waals surface area contributed by atoms with Crippen LogP contribution in [0.3, 0.4) is 0 Å². The minimum absolute atomic E-state index is 0.0567. The van der Waals surface area contributed by atoms with E-state index in [2.05, 4.69) is 0 Å². The van der Waals surface area contributed by atoms with E-state index in [0.717, 1.165) is 5.56 Å². The van der Waals surface area contributed by atoms with Gasteiger partial charge in [-0.2, -0.15) is 0 Å². The van der Waals surface area contributed by atoms with Crippen molar-refractivity contribution in [3.63, 3.8) is 0 Å². The van der Waals surface area contributed by atoms with Gasteiger partial charge < -0.3 is 0 Å². The fourth-order valence-corrected chi connectivity index (χ4v) is 5.45. The number of alkyl halides is 2. The van der Waals surface area contributed by atoms with Crippen molar-refractivity contribution in [2.24, 2.45) is 0 Å². The summed E-state index contributed by atoms with van der Waals surface area (Å²) in [6.07, 6.45) is 0. The van der Waals surface area contributed by atoms with E-state index in [4.69, 9.17) is 0 Å². The fraction of sp³-hybridized carbons (Fsp3) is 0.417. The van der Waals surface area contributed by atoms with Crippen LogP contribution < -0.4 is 21.2 Å². The van der Waals surface area contributed by atoms with Gasteiger partial charge in [0.15, 0.2) is 0 Å². The molecule has 3 rings (SSSR count). The molecule has 2 fully saturated rings. The van der Waals surface area contributed by atoms with Crippen LogP contribution in [0.15, 0.2) is 30.3 Å². The number of benzene rings is 1. The first-order valence-electron chi connectivity index (χ1n) is 5.38. The molecule has 2 saturated heterocycles. The molecule has 16 heavy (non-hydrogen) atoms. The van der Waals surface area contributed by atoms with Crippen LogP contribution in [-0.2, 0) is 11.3 Å². The summed E-state index contributed by atoms with van der Waals surface area (Å²) in [5.74, 6) is 0.278. The molecule has 1 aromatic carbocycles. The number of aliphatic hydroxyl groups excluding tert-OH is 1. The van der Waals surface area contributed by atoms with Crippen molar-refractivity contribution in [3.05, 3.63) is 35.9 Å². The van der Waals surface area contributed by atoms with Crippen molar-refractivity contribution in [1.29, 1.82) is 0 Å². The Balaban J connectivity index is 1.77. The van der Waals surface area contributed by atoms with Crippen molar-refractivity contribution in [2.75, 3.05) is 6.61 Å². The number of halogens is 1. The summed E-state index contributed by atoms with van der Waals surface area (Å²) in [4.78, 5) is 13.8. The van der Waals surface area contributed by atoms with E-state index in [0.29, 0.717) is 14.4 Å². The number of hydrogen-bond donors (Lipinski definition) is 1. The summed E-state index contributed by atoms with van der Waals surface area (Å²) in [6.45, 7) is 0.779. The summed E-state index contributed by atoms with van der Waals surface area (Å²) < 4.78 is 0.847. The van der Waals surface area contributed by atoms with Gasteiger partial charge in [0, 0.05) is 0 Å². The van der Waals surface area contributed by atoms with Crippen LogP contribution in [0.5, 0.6) is 0 Å². The topological polar surface area (TPSA) is 40.5 Å². The van der Waals surface area contributed by atoms with Gasteiger partial charge in [-0.25, -0.2) is 0 Å². The molecule has 0 spiro atoms. The van der Waals surface area contributed by atoms with E-state index < -0.39 is 0 Å². The van der Waals surface area contributed by atoms with Gasteiger partial charge >= 0.3 is 105 Å². The van der Waals surface area contributed by atoms with Gasteiger partial charge in [-0.15, -0.1) is 0 Å². The Bertz CT molecular complexity index is 409. The molecule has 0 aromatic heterocycles. The van der Waals surface area contributed by atoms with Gasteiger partial charge in [-0.3, -0.25) is 0 Å². The van der Waals surface area contributed by atoms with Crippen LogP contribution in [-0.4, -0.2) is 36.4 Å². The van der Waals surface area contributed by atoms with Gasteiger partial charge in [-0.1, -0.05) is 0 Å². The minimum atomic E-state index is 0.0567. The number of carbonyl (C=O) groups is 1. The molecular weight excluding hydrogens is 317 g/mol. The normalized spacial score (nSPS) is 32.2. The van der Waals surface area contributed by atoms with Crippen molar-refractivity contribution >= 4 is 5.91 Å². The maximum atomic E-state index is 12.0. The van der Waals surface area contributed by atoms with Crippen LogP contribution in [0, 0.1) is 0 Å². The van der Waals surface area contributed by atoms with Gasteiger partial charge in [-0.05, 0) is 0 Å². The van der Waals surface area contributed by atoms with Crippen molar-refractivity contribution in [2.45, 2.75) is 20.4 Å². The number of fused-ring (bicyclic) bond motifs is 1. The molecule has 2 heterocycles. The second-order valence-electron chi connectivity index (χ2n) is 4.17. The van der Waals surface area contributed by atoms with E-state index in [1.807, 2.05) is 35.2 Å². The second-order valence-corrected chi connectivity index (χ2v) is 7.67. The van der Waals surface area contributed by atoms with E-state index in [-0.39, 0.29) is 39.8 Å². The Morgan fingerprint density at radius 1 is 1.31 bits per heavy atom. The maximum absolute atomic E-state index is 12.0. The number of carbonyl (C=O) groups excluding carboxylic acids is 1. The quantitative estimate of drug-likeness (QED) is 0.482. The first-order chi connectivity index (χ1) is 7.81. The molecule has 0 radical (unpaired) electrons. The number of aliphatic hydroxyl groups is 1. The zero-order valence-corrected chi connectivity index (χ0v) is 10.9. The molecule has 86 valence electrons. The molecular formula is C12H13INO2-. The molecule has 2 aliphatic heterocycles. The fourth-order valence-electron chi connectivity index (χ4n) is 2.25. The average Bonchev–Trinajstić information content (AvgIpc) is 3.05. The number of hydrogen-bond acceptors (Lipinski definition) is 2. The molecule has 0 bridgehead atoms. The predicted molar refractivity (Wildman–Crippen MR) is 55.4 cm³/mol. The standard InChI is InChI=1S/C12H13INO2/c15-7-9-10-11(13-10)12(16)14(9)6-8-4-2-1-3-5-8/h1-5,9-11,15H,6-7H2/q-1/t9?,10-,11-/m1/s1. The number of nitrogens with zero attached hydrogens (tertiary/aromatic N) is 1. The van der Waals surface area contributed by atoms with Crippen LogP contribution in [0.4, 0.5) is 0 Å². The molecule has 1 amide bonds. The van der Waals surface area contributed by atoms with Gasteiger partial charge in [0.1, 0.15) is 0 Å². The van der Waals surface area contributed by atoms with Gasteiger partial charge in [0.2, 0.25) is 0 Å². The first kappa shape index (κ1) is 10.5. The van der Waals surface area contributed by atoms with Crippen molar-refractivity contribution in [1.82, 2.24) is 4.90 Å². The Morgan fingerprint density at radius 2 is 2.06 bits per heavy atom. The third kappa shape index (κ3) is 1.64. The first-order valence-corrected chi connectivity index (χ1v) is 7.87. The SMILES string of the molecule is O=C1[C@@H]2[I-][C@@H]2C(CO)N1Cc1ccccc1. The molecule has 4 heteroatoms. The summed E-state index contributed by atoms with van der Waals surface area (Å²) in [5, 5.41) is 9.35. The van der Waals surface area contributed by atoms with Crippen LogP contribution in [0.1, 0.15) is 5.56 Å². The van der Waals surface area contributed by atoms with Gasteiger partial charge in [0.05, 0.1) is 0 Å². The number of rotatable bonds is 3. The van der Waals surface area contributed by atoms with E-state index in [9.17, 15) is 9.90 Å². The summed E-state index contributed by atoms with van der Waals surface area (Å²) in [6, 6.07) is 10.1. The Labute approximate surface area is 105 Å². The number of likely N-dealkylation sites (tertiary alicyclic amines) is 1. The summed E-state index contributed by atoms with van der Waals surface area (Å²) in [5.41, 5.74) is 1.15. The summed E-state index contributed by atoms with van der Waals surface area (Å²) in [7, 11) is 0. The van der Waals surface area contributed by atoms with Crippen LogP contribution >= 0.6 is 0 Å². The second kappa shape index (κ2) is 4.00. The average molecular weight is 330 g/mol.